The second-order valence-corrected chi connectivity index (χ2v) is 10.2. The minimum Gasteiger partial charge on any atom is -0.283 e. The fraction of sp³-hybridized carbons (Fsp3) is 0.333. The van der Waals surface area contributed by atoms with Gasteiger partial charge in [0.25, 0.3) is 0 Å². The Morgan fingerprint density at radius 2 is 1.53 bits per heavy atom. The normalized spacial score (nSPS) is 11.9. The van der Waals surface area contributed by atoms with Gasteiger partial charge in [0.2, 0.25) is 0 Å². The van der Waals surface area contributed by atoms with Gasteiger partial charge >= 0.3 is 0 Å². The van der Waals surface area contributed by atoms with Crippen LogP contribution in [0.2, 0.25) is 0 Å². The predicted octanol–water partition coefficient (Wildman–Crippen LogP) is 8.48. The molecule has 0 aliphatic carbocycles. The van der Waals surface area contributed by atoms with E-state index in [1.54, 1.807) is 0 Å². The van der Waals surface area contributed by atoms with Crippen LogP contribution in [0.5, 0.6) is 0 Å². The highest BCUT2D eigenvalue weighted by molar-refractivity contribution is 9.10. The molecule has 0 radical (unpaired) electrons. The standard InChI is InChI=1S/C30H36BrN3/c1-8-22-16-17-23(31)18-27(22)30(33-7)34(29(32)26-13-10-9-12-21(26)6)28-24(19(2)3)14-11-15-25(28)20(4)5/h9-20,32H,8H2,1-7H3. The van der Waals surface area contributed by atoms with Crippen molar-refractivity contribution in [2.45, 2.75) is 59.8 Å². The number of aliphatic imine (C=N–C) groups is 1. The van der Waals surface area contributed by atoms with Crippen molar-refractivity contribution < 1.29 is 0 Å². The maximum absolute atomic E-state index is 9.54. The summed E-state index contributed by atoms with van der Waals surface area (Å²) in [6, 6.07) is 21.0. The smallest absolute Gasteiger partial charge is 0.141 e. The Kier molecular flexibility index (Phi) is 8.48. The summed E-state index contributed by atoms with van der Waals surface area (Å²) >= 11 is 3.67. The molecule has 34 heavy (non-hydrogen) atoms. The minimum absolute atomic E-state index is 0.298. The SMILES string of the molecule is CCc1ccc(Br)cc1C(=NC)N(C(=N)c1ccccc1C)c1c(C(C)C)cccc1C(C)C. The molecule has 3 aromatic carbocycles. The fourth-order valence-electron chi connectivity index (χ4n) is 4.46. The highest BCUT2D eigenvalue weighted by atomic mass is 79.9. The lowest BCUT2D eigenvalue weighted by molar-refractivity contribution is 0.833. The third-order valence-corrected chi connectivity index (χ3v) is 6.80. The van der Waals surface area contributed by atoms with E-state index in [1.165, 1.54) is 16.7 Å². The number of amidine groups is 2. The molecule has 3 aromatic rings. The van der Waals surface area contributed by atoms with Crippen molar-refractivity contribution in [2.24, 2.45) is 4.99 Å². The number of nitrogens with zero attached hydrogens (tertiary/aromatic N) is 2. The highest BCUT2D eigenvalue weighted by Gasteiger charge is 2.29. The molecular weight excluding hydrogens is 482 g/mol. The van der Waals surface area contributed by atoms with Crippen molar-refractivity contribution in [1.29, 1.82) is 5.41 Å². The van der Waals surface area contributed by atoms with Gasteiger partial charge in [0.05, 0.1) is 5.69 Å². The number of benzene rings is 3. The largest absolute Gasteiger partial charge is 0.283 e. The zero-order valence-corrected chi connectivity index (χ0v) is 23.0. The van der Waals surface area contributed by atoms with Crippen molar-refractivity contribution in [2.75, 3.05) is 11.9 Å². The first-order valence-electron chi connectivity index (χ1n) is 12.0. The molecule has 3 rings (SSSR count). The van der Waals surface area contributed by atoms with Crippen LogP contribution < -0.4 is 4.90 Å². The Balaban J connectivity index is 2.42. The topological polar surface area (TPSA) is 39.5 Å². The molecule has 0 fully saturated rings. The lowest BCUT2D eigenvalue weighted by Gasteiger charge is -2.34. The van der Waals surface area contributed by atoms with E-state index in [9.17, 15) is 5.41 Å². The number of para-hydroxylation sites is 1. The molecule has 0 saturated heterocycles. The van der Waals surface area contributed by atoms with Gasteiger partial charge in [-0.3, -0.25) is 15.3 Å². The van der Waals surface area contributed by atoms with E-state index in [1.807, 2.05) is 25.2 Å². The minimum atomic E-state index is 0.298. The Labute approximate surface area is 213 Å². The Morgan fingerprint density at radius 1 is 0.912 bits per heavy atom. The van der Waals surface area contributed by atoms with E-state index in [4.69, 9.17) is 4.99 Å². The van der Waals surface area contributed by atoms with E-state index in [-0.39, 0.29) is 0 Å². The van der Waals surface area contributed by atoms with Crippen molar-refractivity contribution in [3.8, 4) is 0 Å². The average molecular weight is 519 g/mol. The predicted molar refractivity (Wildman–Crippen MR) is 151 cm³/mol. The lowest BCUT2D eigenvalue weighted by Crippen LogP contribution is -2.40. The van der Waals surface area contributed by atoms with E-state index in [0.717, 1.165) is 39.1 Å². The second kappa shape index (κ2) is 11.1. The zero-order valence-electron chi connectivity index (χ0n) is 21.4. The molecular formula is C30H36BrN3. The van der Waals surface area contributed by atoms with Gasteiger partial charge in [0, 0.05) is 22.6 Å². The van der Waals surface area contributed by atoms with Crippen LogP contribution in [0, 0.1) is 12.3 Å². The first-order chi connectivity index (χ1) is 16.2. The van der Waals surface area contributed by atoms with Crippen LogP contribution in [0.4, 0.5) is 5.69 Å². The molecule has 4 heteroatoms. The molecule has 3 nitrogen and oxygen atoms in total. The number of rotatable bonds is 6. The van der Waals surface area contributed by atoms with Crippen LogP contribution in [0.25, 0.3) is 0 Å². The van der Waals surface area contributed by atoms with Crippen molar-refractivity contribution in [1.82, 2.24) is 0 Å². The van der Waals surface area contributed by atoms with Gasteiger partial charge in [-0.25, -0.2) is 0 Å². The van der Waals surface area contributed by atoms with E-state index in [2.05, 4.69) is 105 Å². The van der Waals surface area contributed by atoms with Gasteiger partial charge in [0.15, 0.2) is 0 Å². The molecule has 0 amide bonds. The third kappa shape index (κ3) is 5.17. The molecule has 0 atom stereocenters. The van der Waals surface area contributed by atoms with Crippen molar-refractivity contribution in [3.05, 3.63) is 98.5 Å². The highest BCUT2D eigenvalue weighted by Crippen LogP contribution is 2.38. The van der Waals surface area contributed by atoms with Crippen LogP contribution in [-0.4, -0.2) is 18.7 Å². The number of hydrogen-bond donors (Lipinski definition) is 1. The number of hydrogen-bond acceptors (Lipinski definition) is 2. The Morgan fingerprint density at radius 3 is 2.06 bits per heavy atom. The van der Waals surface area contributed by atoms with E-state index < -0.39 is 0 Å². The first kappa shape index (κ1) is 25.9. The van der Waals surface area contributed by atoms with Gasteiger partial charge < -0.3 is 0 Å². The van der Waals surface area contributed by atoms with Crippen molar-refractivity contribution >= 4 is 33.3 Å². The molecule has 0 unspecified atom stereocenters. The fourth-order valence-corrected chi connectivity index (χ4v) is 4.82. The maximum atomic E-state index is 9.54. The summed E-state index contributed by atoms with van der Waals surface area (Å²) in [5, 5.41) is 9.54. The van der Waals surface area contributed by atoms with Crippen LogP contribution in [-0.2, 0) is 6.42 Å². The van der Waals surface area contributed by atoms with Gasteiger partial charge in [0.1, 0.15) is 11.7 Å². The van der Waals surface area contributed by atoms with E-state index in [0.29, 0.717) is 17.7 Å². The van der Waals surface area contributed by atoms with Crippen LogP contribution in [0.1, 0.15) is 79.8 Å². The number of halogens is 1. The third-order valence-electron chi connectivity index (χ3n) is 6.31. The summed E-state index contributed by atoms with van der Waals surface area (Å²) in [4.78, 5) is 6.93. The molecule has 0 saturated carbocycles. The number of aryl methyl sites for hydroxylation is 2. The molecule has 0 aliphatic heterocycles. The summed E-state index contributed by atoms with van der Waals surface area (Å²) in [6.07, 6.45) is 0.885. The van der Waals surface area contributed by atoms with Crippen LogP contribution in [0.3, 0.4) is 0 Å². The lowest BCUT2D eigenvalue weighted by atomic mass is 9.90. The molecule has 1 N–H and O–H groups in total. The summed E-state index contributed by atoms with van der Waals surface area (Å²) in [5.74, 6) is 1.83. The van der Waals surface area contributed by atoms with Gasteiger partial charge in [-0.1, -0.05) is 99.1 Å². The molecule has 0 aliphatic rings. The van der Waals surface area contributed by atoms with Gasteiger partial charge in [-0.05, 0) is 59.6 Å². The monoisotopic (exact) mass is 517 g/mol. The van der Waals surface area contributed by atoms with Crippen LogP contribution >= 0.6 is 15.9 Å². The average Bonchev–Trinajstić information content (AvgIpc) is 2.81. The van der Waals surface area contributed by atoms with Crippen LogP contribution in [0.15, 0.2) is 70.1 Å². The number of nitrogens with one attached hydrogen (secondary N) is 1. The second-order valence-electron chi connectivity index (χ2n) is 9.30. The zero-order chi connectivity index (χ0) is 25.0. The van der Waals surface area contributed by atoms with Gasteiger partial charge in [-0.15, -0.1) is 0 Å². The molecule has 0 heterocycles. The maximum Gasteiger partial charge on any atom is 0.141 e. The van der Waals surface area contributed by atoms with Gasteiger partial charge in [-0.2, -0.15) is 0 Å². The van der Waals surface area contributed by atoms with Crippen molar-refractivity contribution in [3.63, 3.8) is 0 Å². The molecule has 0 spiro atoms. The quantitative estimate of drug-likeness (QED) is 0.258. The molecule has 178 valence electrons. The summed E-state index contributed by atoms with van der Waals surface area (Å²) in [7, 11) is 1.83. The molecule has 0 bridgehead atoms. The first-order valence-corrected chi connectivity index (χ1v) is 12.8. The summed E-state index contributed by atoms with van der Waals surface area (Å²) in [6.45, 7) is 13.1. The summed E-state index contributed by atoms with van der Waals surface area (Å²) < 4.78 is 1.00. The number of anilines is 1. The Hall–Kier alpha value is -2.72. The molecule has 0 aromatic heterocycles. The summed E-state index contributed by atoms with van der Waals surface area (Å²) in [5.41, 5.74) is 7.75. The van der Waals surface area contributed by atoms with E-state index >= 15 is 0 Å². The Bertz CT molecular complexity index is 1180.